The Morgan fingerprint density at radius 3 is 2.44 bits per heavy atom. The number of halogens is 3. The summed E-state index contributed by atoms with van der Waals surface area (Å²) in [7, 11) is 2.11. The van der Waals surface area contributed by atoms with Gasteiger partial charge in [0.05, 0.1) is 12.1 Å². The van der Waals surface area contributed by atoms with E-state index in [1.807, 2.05) is 13.0 Å². The summed E-state index contributed by atoms with van der Waals surface area (Å²) in [6.45, 7) is 5.81. The van der Waals surface area contributed by atoms with Gasteiger partial charge in [-0.05, 0) is 51.9 Å². The van der Waals surface area contributed by atoms with Crippen LogP contribution >= 0.6 is 11.3 Å². The number of rotatable bonds is 6. The number of carbonyl (C=O) groups is 1. The number of aromatic nitrogens is 3. The van der Waals surface area contributed by atoms with Crippen molar-refractivity contribution >= 4 is 17.2 Å². The van der Waals surface area contributed by atoms with E-state index in [1.165, 1.54) is 11.3 Å². The van der Waals surface area contributed by atoms with E-state index in [-0.39, 0.29) is 12.0 Å². The lowest BCUT2D eigenvalue weighted by molar-refractivity contribution is -0.145. The molecule has 7 nitrogen and oxygen atoms in total. The first-order valence-electron chi connectivity index (χ1n) is 11.6. The van der Waals surface area contributed by atoms with E-state index in [1.54, 1.807) is 25.3 Å². The number of thiazole rings is 1. The number of hydrogen-bond acceptors (Lipinski definition) is 7. The zero-order valence-corrected chi connectivity index (χ0v) is 20.9. The van der Waals surface area contributed by atoms with Gasteiger partial charge in [0.2, 0.25) is 5.82 Å². The summed E-state index contributed by atoms with van der Waals surface area (Å²) in [5, 5.41) is 3.60. The van der Waals surface area contributed by atoms with Gasteiger partial charge in [-0.15, -0.1) is 11.3 Å². The molecular formula is C25H26F3N5O2S. The van der Waals surface area contributed by atoms with Gasteiger partial charge in [0, 0.05) is 58.7 Å². The summed E-state index contributed by atoms with van der Waals surface area (Å²) >= 11 is 1.52. The second-order valence-corrected chi connectivity index (χ2v) is 11.1. The zero-order valence-electron chi connectivity index (χ0n) is 20.1. The number of ether oxygens (including phenoxy) is 1. The first-order chi connectivity index (χ1) is 17.0. The van der Waals surface area contributed by atoms with Crippen molar-refractivity contribution in [1.82, 2.24) is 25.2 Å². The van der Waals surface area contributed by atoms with Crippen LogP contribution < -0.4 is 10.1 Å². The number of aryl methyl sites for hydroxylation is 1. The number of alkyl halides is 3. The topological polar surface area (TPSA) is 80.2 Å². The average molecular weight is 518 g/mol. The first-order valence-corrected chi connectivity index (χ1v) is 12.4. The van der Waals surface area contributed by atoms with Gasteiger partial charge in [-0.25, -0.2) is 15.0 Å². The lowest BCUT2D eigenvalue weighted by Crippen LogP contribution is -2.63. The van der Waals surface area contributed by atoms with Crippen LogP contribution in [0.2, 0.25) is 0 Å². The maximum Gasteiger partial charge on any atom is 0.451 e. The summed E-state index contributed by atoms with van der Waals surface area (Å²) in [5.41, 5.74) is 1.89. The van der Waals surface area contributed by atoms with Gasteiger partial charge >= 0.3 is 6.18 Å². The molecule has 1 saturated carbocycles. The minimum atomic E-state index is -4.62. The fraction of sp³-hybridized carbons (Fsp3) is 0.440. The van der Waals surface area contributed by atoms with Crippen molar-refractivity contribution in [3.8, 4) is 16.3 Å². The van der Waals surface area contributed by atoms with Crippen molar-refractivity contribution < 1.29 is 22.7 Å². The van der Waals surface area contributed by atoms with Crippen LogP contribution in [0.4, 0.5) is 13.2 Å². The van der Waals surface area contributed by atoms with Gasteiger partial charge in [0.25, 0.3) is 5.91 Å². The summed E-state index contributed by atoms with van der Waals surface area (Å²) in [4.78, 5) is 27.7. The molecule has 1 saturated heterocycles. The number of likely N-dealkylation sites (tertiary alicyclic amines) is 1. The molecule has 2 fully saturated rings. The largest absolute Gasteiger partial charge is 0.490 e. The molecule has 36 heavy (non-hydrogen) atoms. The highest BCUT2D eigenvalue weighted by Gasteiger charge is 2.52. The van der Waals surface area contributed by atoms with Gasteiger partial charge < -0.3 is 15.0 Å². The third kappa shape index (κ3) is 5.08. The third-order valence-corrected chi connectivity index (χ3v) is 7.61. The second-order valence-electron chi connectivity index (χ2n) is 9.88. The molecular weight excluding hydrogens is 491 g/mol. The lowest BCUT2D eigenvalue weighted by Gasteiger charge is -2.57. The molecule has 1 N–H and O–H groups in total. The molecule has 190 valence electrons. The molecule has 1 amide bonds. The van der Waals surface area contributed by atoms with Gasteiger partial charge in [0.1, 0.15) is 10.8 Å². The van der Waals surface area contributed by atoms with Crippen LogP contribution in [-0.2, 0) is 6.18 Å². The van der Waals surface area contributed by atoms with Crippen molar-refractivity contribution in [2.45, 2.75) is 45.0 Å². The molecule has 1 aliphatic carbocycles. The van der Waals surface area contributed by atoms with Crippen LogP contribution in [-0.4, -0.2) is 52.0 Å². The third-order valence-electron chi connectivity index (χ3n) is 6.64. The molecule has 1 spiro atoms. The van der Waals surface area contributed by atoms with Crippen LogP contribution in [0.5, 0.6) is 5.75 Å². The fourth-order valence-corrected chi connectivity index (χ4v) is 5.77. The Morgan fingerprint density at radius 2 is 1.86 bits per heavy atom. The molecule has 1 aromatic carbocycles. The van der Waals surface area contributed by atoms with Crippen LogP contribution in [0.15, 0.2) is 36.8 Å². The van der Waals surface area contributed by atoms with Crippen molar-refractivity contribution in [3.63, 3.8) is 0 Å². The number of nitrogens with one attached hydrogen (secondary N) is 1. The van der Waals surface area contributed by atoms with E-state index < -0.39 is 18.0 Å². The first kappa shape index (κ1) is 24.6. The molecule has 1 aliphatic heterocycles. The van der Waals surface area contributed by atoms with Crippen LogP contribution in [0.25, 0.3) is 10.6 Å². The van der Waals surface area contributed by atoms with Gasteiger partial charge in [-0.3, -0.25) is 4.79 Å². The number of amides is 1. The molecule has 11 heteroatoms. The monoisotopic (exact) mass is 517 g/mol. The quantitative estimate of drug-likeness (QED) is 0.502. The molecule has 3 aromatic rings. The van der Waals surface area contributed by atoms with Crippen molar-refractivity contribution in [1.29, 1.82) is 0 Å². The summed E-state index contributed by atoms with van der Waals surface area (Å²) in [5.74, 6) is -0.999. The van der Waals surface area contributed by atoms with Crippen LogP contribution in [0, 0.1) is 12.3 Å². The maximum absolute atomic E-state index is 13.1. The molecule has 5 rings (SSSR count). The molecule has 2 aliphatic rings. The normalized spacial score (nSPS) is 18.4. The van der Waals surface area contributed by atoms with E-state index in [4.69, 9.17) is 4.74 Å². The summed E-state index contributed by atoms with van der Waals surface area (Å²) in [6.07, 6.45) is 1.40. The van der Waals surface area contributed by atoms with E-state index >= 15 is 0 Å². The van der Waals surface area contributed by atoms with Crippen molar-refractivity contribution in [2.75, 3.05) is 20.1 Å². The predicted molar refractivity (Wildman–Crippen MR) is 129 cm³/mol. The SMILES string of the molecule is Cc1cnc(-c2cc(OC3CC4(C3)CN(C)C4)cc(C(=O)NC(C)c3cnc(C(F)(F)F)nc3)c2)s1. The highest BCUT2D eigenvalue weighted by molar-refractivity contribution is 7.14. The van der Waals surface area contributed by atoms with Gasteiger partial charge in [0.15, 0.2) is 0 Å². The van der Waals surface area contributed by atoms with E-state index in [0.29, 0.717) is 22.3 Å². The molecule has 0 bridgehead atoms. The Morgan fingerprint density at radius 1 is 1.17 bits per heavy atom. The minimum Gasteiger partial charge on any atom is -0.490 e. The number of hydrogen-bond donors (Lipinski definition) is 1. The molecule has 3 heterocycles. The predicted octanol–water partition coefficient (Wildman–Crippen LogP) is 4.89. The zero-order chi connectivity index (χ0) is 25.7. The Balaban J connectivity index is 1.33. The molecule has 0 radical (unpaired) electrons. The van der Waals surface area contributed by atoms with E-state index in [2.05, 4.69) is 32.2 Å². The highest BCUT2D eigenvalue weighted by atomic mass is 32.1. The second kappa shape index (κ2) is 9.11. The summed E-state index contributed by atoms with van der Waals surface area (Å²) < 4.78 is 44.5. The van der Waals surface area contributed by atoms with Crippen molar-refractivity contribution in [3.05, 3.63) is 58.6 Å². The van der Waals surface area contributed by atoms with Crippen molar-refractivity contribution in [2.24, 2.45) is 5.41 Å². The van der Waals surface area contributed by atoms with Crippen LogP contribution in [0.3, 0.4) is 0 Å². The van der Waals surface area contributed by atoms with Crippen LogP contribution in [0.1, 0.15) is 52.4 Å². The average Bonchev–Trinajstić information content (AvgIpc) is 3.22. The smallest absolute Gasteiger partial charge is 0.451 e. The van der Waals surface area contributed by atoms with Gasteiger partial charge in [-0.1, -0.05) is 0 Å². The van der Waals surface area contributed by atoms with Gasteiger partial charge in [-0.2, -0.15) is 13.2 Å². The number of benzene rings is 1. The molecule has 1 unspecified atom stereocenters. The summed E-state index contributed by atoms with van der Waals surface area (Å²) in [6, 6.07) is 4.75. The highest BCUT2D eigenvalue weighted by Crippen LogP contribution is 2.49. The Hall–Kier alpha value is -3.05. The Labute approximate surface area is 210 Å². The maximum atomic E-state index is 13.1. The number of carbonyl (C=O) groups excluding carboxylic acids is 1. The Bertz CT molecular complexity index is 1260. The lowest BCUT2D eigenvalue weighted by atomic mass is 9.62. The standard InChI is InChI=1S/C25H26F3N5O2S/c1-14-9-29-22(36-14)17-4-16(5-19(6-17)35-20-7-24(8-20)12-33(3)13-24)21(34)32-15(2)18-10-30-23(31-11-18)25(26,27)28/h4-6,9-11,15,20H,7-8,12-13H2,1-3H3,(H,32,34). The molecule has 2 aromatic heterocycles. The number of nitrogens with zero attached hydrogens (tertiary/aromatic N) is 4. The minimum absolute atomic E-state index is 0.103. The fourth-order valence-electron chi connectivity index (χ4n) is 5.02. The van der Waals surface area contributed by atoms with E-state index in [0.717, 1.165) is 53.8 Å². The Kier molecular flexibility index (Phi) is 6.24. The van der Waals surface area contributed by atoms with E-state index in [9.17, 15) is 18.0 Å². The molecule has 1 atom stereocenters.